The van der Waals surface area contributed by atoms with Gasteiger partial charge in [-0.25, -0.2) is 9.78 Å². The molecule has 0 atom stereocenters. The van der Waals surface area contributed by atoms with Crippen molar-refractivity contribution < 1.29 is 19.4 Å². The maximum absolute atomic E-state index is 12.1. The van der Waals surface area contributed by atoms with E-state index in [4.69, 9.17) is 4.74 Å². The summed E-state index contributed by atoms with van der Waals surface area (Å²) in [5.41, 5.74) is 1.18. The number of carbonyl (C=O) groups excluding carboxylic acids is 2. The Kier molecular flexibility index (Phi) is 4.95. The summed E-state index contributed by atoms with van der Waals surface area (Å²) in [7, 11) is 1.64. The Labute approximate surface area is 148 Å². The maximum atomic E-state index is 12.1. The van der Waals surface area contributed by atoms with Crippen LogP contribution in [-0.4, -0.2) is 40.5 Å². The van der Waals surface area contributed by atoms with Gasteiger partial charge in [0.1, 0.15) is 10.8 Å². The van der Waals surface area contributed by atoms with E-state index in [1.165, 1.54) is 40.5 Å². The second-order valence-electron chi connectivity index (χ2n) is 5.45. The SMILES string of the molecule is CN(Cc1nc2ccccc2s1)C(=O)COC(=O)c1ccc(O)cc1. The fourth-order valence-corrected chi connectivity index (χ4v) is 3.22. The van der Waals surface area contributed by atoms with Crippen molar-refractivity contribution in [3.8, 4) is 5.75 Å². The molecule has 6 nitrogen and oxygen atoms in total. The van der Waals surface area contributed by atoms with Gasteiger partial charge in [-0.05, 0) is 36.4 Å². The van der Waals surface area contributed by atoms with E-state index >= 15 is 0 Å². The van der Waals surface area contributed by atoms with Crippen LogP contribution in [0.5, 0.6) is 5.75 Å². The molecule has 2 aromatic carbocycles. The molecule has 0 fully saturated rings. The first-order valence-corrected chi connectivity index (χ1v) is 8.39. The highest BCUT2D eigenvalue weighted by Crippen LogP contribution is 2.22. The third-order valence-electron chi connectivity index (χ3n) is 3.57. The number of esters is 1. The molecule has 1 heterocycles. The van der Waals surface area contributed by atoms with Crippen LogP contribution in [0.15, 0.2) is 48.5 Å². The number of nitrogens with zero attached hydrogens (tertiary/aromatic N) is 2. The quantitative estimate of drug-likeness (QED) is 0.711. The van der Waals surface area contributed by atoms with Crippen LogP contribution in [0, 0.1) is 0 Å². The Morgan fingerprint density at radius 2 is 1.88 bits per heavy atom. The molecule has 0 bridgehead atoms. The van der Waals surface area contributed by atoms with Gasteiger partial charge in [-0.3, -0.25) is 4.79 Å². The van der Waals surface area contributed by atoms with E-state index in [1.807, 2.05) is 24.3 Å². The van der Waals surface area contributed by atoms with Crippen molar-refractivity contribution in [2.75, 3.05) is 13.7 Å². The highest BCUT2D eigenvalue weighted by molar-refractivity contribution is 7.18. The fraction of sp³-hybridized carbons (Fsp3) is 0.167. The number of amides is 1. The fourth-order valence-electron chi connectivity index (χ4n) is 2.20. The van der Waals surface area contributed by atoms with Crippen molar-refractivity contribution in [2.45, 2.75) is 6.54 Å². The lowest BCUT2D eigenvalue weighted by atomic mass is 10.2. The first kappa shape index (κ1) is 16.9. The first-order chi connectivity index (χ1) is 12.0. The van der Waals surface area contributed by atoms with Gasteiger partial charge in [0, 0.05) is 7.05 Å². The number of aromatic hydroxyl groups is 1. The van der Waals surface area contributed by atoms with Crippen LogP contribution in [-0.2, 0) is 16.1 Å². The second-order valence-corrected chi connectivity index (χ2v) is 6.56. The first-order valence-electron chi connectivity index (χ1n) is 7.57. The van der Waals surface area contributed by atoms with Crippen molar-refractivity contribution in [1.82, 2.24) is 9.88 Å². The molecule has 0 unspecified atom stereocenters. The van der Waals surface area contributed by atoms with E-state index in [0.717, 1.165) is 15.2 Å². The zero-order chi connectivity index (χ0) is 17.8. The van der Waals surface area contributed by atoms with E-state index in [0.29, 0.717) is 6.54 Å². The number of fused-ring (bicyclic) bond motifs is 1. The molecule has 0 aliphatic rings. The molecule has 0 saturated heterocycles. The van der Waals surface area contributed by atoms with E-state index in [9.17, 15) is 14.7 Å². The summed E-state index contributed by atoms with van der Waals surface area (Å²) in [6.45, 7) is 0.00996. The summed E-state index contributed by atoms with van der Waals surface area (Å²) in [4.78, 5) is 30.0. The molecule has 128 valence electrons. The normalized spacial score (nSPS) is 10.6. The number of thiazole rings is 1. The van der Waals surface area contributed by atoms with Crippen molar-refractivity contribution >= 4 is 33.4 Å². The van der Waals surface area contributed by atoms with Gasteiger partial charge in [-0.1, -0.05) is 12.1 Å². The number of ether oxygens (including phenoxy) is 1. The van der Waals surface area contributed by atoms with Gasteiger partial charge < -0.3 is 14.7 Å². The molecule has 25 heavy (non-hydrogen) atoms. The summed E-state index contributed by atoms with van der Waals surface area (Å²) in [5, 5.41) is 10.0. The number of rotatable bonds is 5. The van der Waals surface area contributed by atoms with Crippen molar-refractivity contribution in [2.24, 2.45) is 0 Å². The van der Waals surface area contributed by atoms with Gasteiger partial charge >= 0.3 is 5.97 Å². The summed E-state index contributed by atoms with van der Waals surface area (Å²) in [5.74, 6) is -0.865. The van der Waals surface area contributed by atoms with E-state index in [-0.39, 0.29) is 23.8 Å². The molecular formula is C18H16N2O4S. The third kappa shape index (κ3) is 4.13. The Morgan fingerprint density at radius 3 is 2.60 bits per heavy atom. The lowest BCUT2D eigenvalue weighted by Crippen LogP contribution is -2.30. The van der Waals surface area contributed by atoms with Crippen LogP contribution in [0.4, 0.5) is 0 Å². The van der Waals surface area contributed by atoms with Gasteiger partial charge in [0.15, 0.2) is 6.61 Å². The Bertz CT molecular complexity index is 872. The number of hydrogen-bond acceptors (Lipinski definition) is 6. The smallest absolute Gasteiger partial charge is 0.338 e. The van der Waals surface area contributed by atoms with Crippen molar-refractivity contribution in [1.29, 1.82) is 0 Å². The van der Waals surface area contributed by atoms with Crippen LogP contribution in [0.1, 0.15) is 15.4 Å². The standard InChI is InChI=1S/C18H16N2O4S/c1-20(10-16-19-14-4-2-3-5-15(14)25-16)17(22)11-24-18(23)12-6-8-13(21)9-7-12/h2-9,21H,10-11H2,1H3. The van der Waals surface area contributed by atoms with Gasteiger partial charge in [-0.15, -0.1) is 11.3 Å². The predicted octanol–water partition coefficient (Wildman–Crippen LogP) is 2.82. The Hall–Kier alpha value is -2.93. The number of para-hydroxylation sites is 1. The molecule has 7 heteroatoms. The highest BCUT2D eigenvalue weighted by Gasteiger charge is 2.15. The molecule has 0 aliphatic heterocycles. The van der Waals surface area contributed by atoms with Gasteiger partial charge in [-0.2, -0.15) is 0 Å². The van der Waals surface area contributed by atoms with Crippen molar-refractivity contribution in [3.63, 3.8) is 0 Å². The molecule has 1 aromatic heterocycles. The number of phenolic OH excluding ortho intramolecular Hbond substituents is 1. The summed E-state index contributed by atoms with van der Waals surface area (Å²) in [6, 6.07) is 13.4. The molecule has 1 N–H and O–H groups in total. The minimum Gasteiger partial charge on any atom is -0.508 e. The average molecular weight is 356 g/mol. The molecule has 3 aromatic rings. The van der Waals surface area contributed by atoms with E-state index in [1.54, 1.807) is 7.05 Å². The zero-order valence-electron chi connectivity index (χ0n) is 13.5. The number of benzene rings is 2. The minimum atomic E-state index is -0.610. The summed E-state index contributed by atoms with van der Waals surface area (Å²) < 4.78 is 6.09. The molecule has 0 aliphatic carbocycles. The Balaban J connectivity index is 1.55. The average Bonchev–Trinajstić information content (AvgIpc) is 3.02. The number of likely N-dealkylation sites (N-methyl/N-ethyl adjacent to an activating group) is 1. The minimum absolute atomic E-state index is 0.0585. The Morgan fingerprint density at radius 1 is 1.16 bits per heavy atom. The summed E-state index contributed by atoms with van der Waals surface area (Å²) in [6.07, 6.45) is 0. The lowest BCUT2D eigenvalue weighted by Gasteiger charge is -2.15. The second kappa shape index (κ2) is 7.31. The number of carbonyl (C=O) groups is 2. The molecule has 1 amide bonds. The van der Waals surface area contributed by atoms with Crippen molar-refractivity contribution in [3.05, 3.63) is 59.1 Å². The third-order valence-corrected chi connectivity index (χ3v) is 4.59. The lowest BCUT2D eigenvalue weighted by molar-refractivity contribution is -0.133. The van der Waals surface area contributed by atoms with Crippen LogP contribution >= 0.6 is 11.3 Å². The van der Waals surface area contributed by atoms with Gasteiger partial charge in [0.25, 0.3) is 5.91 Å². The molecule has 0 saturated carbocycles. The van der Waals surface area contributed by atoms with Crippen LogP contribution in [0.3, 0.4) is 0 Å². The van der Waals surface area contributed by atoms with Gasteiger partial charge in [0.2, 0.25) is 0 Å². The molecule has 0 spiro atoms. The molecule has 3 rings (SSSR count). The highest BCUT2D eigenvalue weighted by atomic mass is 32.1. The van der Waals surface area contributed by atoms with Crippen LogP contribution in [0.2, 0.25) is 0 Å². The number of phenols is 1. The molecule has 0 radical (unpaired) electrons. The van der Waals surface area contributed by atoms with Gasteiger partial charge in [0.05, 0.1) is 22.3 Å². The predicted molar refractivity (Wildman–Crippen MR) is 94.5 cm³/mol. The van der Waals surface area contributed by atoms with Crippen LogP contribution in [0.25, 0.3) is 10.2 Å². The topological polar surface area (TPSA) is 79.7 Å². The van der Waals surface area contributed by atoms with Crippen LogP contribution < -0.4 is 0 Å². The maximum Gasteiger partial charge on any atom is 0.338 e. The zero-order valence-corrected chi connectivity index (χ0v) is 14.3. The summed E-state index contributed by atoms with van der Waals surface area (Å²) >= 11 is 1.53. The van der Waals surface area contributed by atoms with E-state index < -0.39 is 5.97 Å². The molecular weight excluding hydrogens is 340 g/mol. The monoisotopic (exact) mass is 356 g/mol. The largest absolute Gasteiger partial charge is 0.508 e. The number of aromatic nitrogens is 1. The number of hydrogen-bond donors (Lipinski definition) is 1. The van der Waals surface area contributed by atoms with E-state index in [2.05, 4.69) is 4.98 Å².